The van der Waals surface area contributed by atoms with Crippen molar-refractivity contribution in [2.24, 2.45) is 5.92 Å². The Balaban J connectivity index is 2.45. The maximum absolute atomic E-state index is 11.6. The second kappa shape index (κ2) is 7.11. The van der Waals surface area contributed by atoms with E-state index in [0.29, 0.717) is 13.2 Å². The molecule has 100 valence electrons. The Labute approximate surface area is 109 Å². The van der Waals surface area contributed by atoms with Crippen LogP contribution in [0.5, 0.6) is 0 Å². The van der Waals surface area contributed by atoms with E-state index in [2.05, 4.69) is 16.4 Å². The van der Waals surface area contributed by atoms with Gasteiger partial charge in [0.1, 0.15) is 0 Å². The Hall–Kier alpha value is -1.42. The molecule has 0 amide bonds. The number of carbonyl (C=O) groups is 1. The molecule has 0 radical (unpaired) electrons. The quantitative estimate of drug-likeness (QED) is 0.785. The van der Waals surface area contributed by atoms with E-state index in [4.69, 9.17) is 4.74 Å². The van der Waals surface area contributed by atoms with Crippen LogP contribution in [0.3, 0.4) is 0 Å². The molecular weight excluding hydrogens is 228 g/mol. The number of hydrogen-bond acceptors (Lipinski definition) is 4. The molecule has 0 spiro atoms. The molecule has 1 heterocycles. The van der Waals surface area contributed by atoms with Gasteiger partial charge in [-0.25, -0.2) is 0 Å². The van der Waals surface area contributed by atoms with Gasteiger partial charge in [-0.15, -0.1) is 0 Å². The lowest BCUT2D eigenvalue weighted by Gasteiger charge is -2.19. The van der Waals surface area contributed by atoms with Gasteiger partial charge < -0.3 is 10.1 Å². The number of rotatable bonds is 6. The SMILES string of the molecule is CCOC(=O)[C@H](C)[C@H](C)NCc1cncc(C)c1. The summed E-state index contributed by atoms with van der Waals surface area (Å²) in [6, 6.07) is 2.16. The summed E-state index contributed by atoms with van der Waals surface area (Å²) in [7, 11) is 0. The maximum Gasteiger partial charge on any atom is 0.310 e. The summed E-state index contributed by atoms with van der Waals surface area (Å²) < 4.78 is 5.00. The highest BCUT2D eigenvalue weighted by Crippen LogP contribution is 2.07. The van der Waals surface area contributed by atoms with Crippen LogP contribution in [0.4, 0.5) is 0 Å². The predicted molar refractivity (Wildman–Crippen MR) is 71.1 cm³/mol. The lowest BCUT2D eigenvalue weighted by Crippen LogP contribution is -2.36. The second-order valence-electron chi connectivity index (χ2n) is 4.58. The molecule has 0 aliphatic rings. The first kappa shape index (κ1) is 14.6. The van der Waals surface area contributed by atoms with Gasteiger partial charge in [-0.2, -0.15) is 0 Å². The van der Waals surface area contributed by atoms with Crippen molar-refractivity contribution in [2.75, 3.05) is 6.61 Å². The van der Waals surface area contributed by atoms with Crippen molar-refractivity contribution >= 4 is 5.97 Å². The summed E-state index contributed by atoms with van der Waals surface area (Å²) >= 11 is 0. The van der Waals surface area contributed by atoms with Crippen LogP contribution in [0.1, 0.15) is 31.9 Å². The Bertz CT molecular complexity index is 393. The molecule has 0 aliphatic heterocycles. The van der Waals surface area contributed by atoms with E-state index >= 15 is 0 Å². The van der Waals surface area contributed by atoms with E-state index in [1.54, 1.807) is 0 Å². The number of aryl methyl sites for hydroxylation is 1. The van der Waals surface area contributed by atoms with Crippen molar-refractivity contribution in [3.8, 4) is 0 Å². The van der Waals surface area contributed by atoms with Gasteiger partial charge in [0, 0.05) is 25.0 Å². The van der Waals surface area contributed by atoms with Crippen LogP contribution in [0, 0.1) is 12.8 Å². The zero-order chi connectivity index (χ0) is 13.5. The van der Waals surface area contributed by atoms with Crippen molar-refractivity contribution in [1.82, 2.24) is 10.3 Å². The van der Waals surface area contributed by atoms with E-state index in [0.717, 1.165) is 11.1 Å². The zero-order valence-electron chi connectivity index (χ0n) is 11.6. The van der Waals surface area contributed by atoms with Crippen molar-refractivity contribution in [1.29, 1.82) is 0 Å². The van der Waals surface area contributed by atoms with Gasteiger partial charge >= 0.3 is 5.97 Å². The van der Waals surface area contributed by atoms with Crippen LogP contribution in [0.15, 0.2) is 18.5 Å². The molecule has 1 N–H and O–H groups in total. The van der Waals surface area contributed by atoms with E-state index < -0.39 is 0 Å². The highest BCUT2D eigenvalue weighted by Gasteiger charge is 2.20. The molecule has 1 aromatic heterocycles. The topological polar surface area (TPSA) is 51.2 Å². The molecule has 0 saturated carbocycles. The highest BCUT2D eigenvalue weighted by molar-refractivity contribution is 5.72. The average Bonchev–Trinajstić information content (AvgIpc) is 2.35. The third-order valence-corrected chi connectivity index (χ3v) is 2.97. The molecule has 0 saturated heterocycles. The maximum atomic E-state index is 11.6. The third kappa shape index (κ3) is 4.45. The van der Waals surface area contributed by atoms with Crippen LogP contribution in [0.2, 0.25) is 0 Å². The Morgan fingerprint density at radius 1 is 1.44 bits per heavy atom. The number of aromatic nitrogens is 1. The summed E-state index contributed by atoms with van der Waals surface area (Å²) in [5, 5.41) is 3.32. The number of pyridine rings is 1. The molecule has 2 atom stereocenters. The lowest BCUT2D eigenvalue weighted by atomic mass is 10.0. The van der Waals surface area contributed by atoms with E-state index in [-0.39, 0.29) is 17.9 Å². The minimum absolute atomic E-state index is 0.0737. The van der Waals surface area contributed by atoms with E-state index in [1.807, 2.05) is 40.1 Å². The van der Waals surface area contributed by atoms with Gasteiger partial charge in [-0.3, -0.25) is 9.78 Å². The predicted octanol–water partition coefficient (Wildman–Crippen LogP) is 2.07. The van der Waals surface area contributed by atoms with Crippen LogP contribution < -0.4 is 5.32 Å². The van der Waals surface area contributed by atoms with Gasteiger partial charge in [0.05, 0.1) is 12.5 Å². The minimum atomic E-state index is -0.153. The number of ether oxygens (including phenoxy) is 1. The van der Waals surface area contributed by atoms with Gasteiger partial charge in [-0.05, 0) is 31.9 Å². The van der Waals surface area contributed by atoms with Gasteiger partial charge in [-0.1, -0.05) is 13.0 Å². The first-order valence-electron chi connectivity index (χ1n) is 6.35. The summed E-state index contributed by atoms with van der Waals surface area (Å²) in [6.45, 7) is 8.84. The van der Waals surface area contributed by atoms with Crippen molar-refractivity contribution in [3.05, 3.63) is 29.6 Å². The van der Waals surface area contributed by atoms with Crippen LogP contribution >= 0.6 is 0 Å². The Morgan fingerprint density at radius 3 is 2.78 bits per heavy atom. The van der Waals surface area contributed by atoms with Crippen LogP contribution in [0.25, 0.3) is 0 Å². The molecule has 0 bridgehead atoms. The summed E-state index contributed by atoms with van der Waals surface area (Å²) in [4.78, 5) is 15.7. The molecule has 18 heavy (non-hydrogen) atoms. The standard InChI is InChI=1S/C14H22N2O2/c1-5-18-14(17)11(3)12(4)16-9-13-6-10(2)7-15-8-13/h6-8,11-12,16H,5,9H2,1-4H3/t11-,12+/m1/s1. The fourth-order valence-corrected chi connectivity index (χ4v) is 1.65. The molecular formula is C14H22N2O2. The molecule has 0 fully saturated rings. The smallest absolute Gasteiger partial charge is 0.310 e. The fourth-order valence-electron chi connectivity index (χ4n) is 1.65. The van der Waals surface area contributed by atoms with Crippen LogP contribution in [-0.2, 0) is 16.1 Å². The van der Waals surface area contributed by atoms with Crippen LogP contribution in [-0.4, -0.2) is 23.6 Å². The molecule has 0 aromatic carbocycles. The Morgan fingerprint density at radius 2 is 2.17 bits per heavy atom. The van der Waals surface area contributed by atoms with E-state index in [1.165, 1.54) is 0 Å². The summed E-state index contributed by atoms with van der Waals surface area (Å²) in [5.41, 5.74) is 2.26. The summed E-state index contributed by atoms with van der Waals surface area (Å²) in [6.07, 6.45) is 3.66. The lowest BCUT2D eigenvalue weighted by molar-refractivity contribution is -0.148. The monoisotopic (exact) mass is 250 g/mol. The van der Waals surface area contributed by atoms with Gasteiger partial charge in [0.25, 0.3) is 0 Å². The third-order valence-electron chi connectivity index (χ3n) is 2.97. The minimum Gasteiger partial charge on any atom is -0.466 e. The molecule has 4 nitrogen and oxygen atoms in total. The van der Waals surface area contributed by atoms with Gasteiger partial charge in [0.2, 0.25) is 0 Å². The molecule has 1 aromatic rings. The first-order valence-corrected chi connectivity index (χ1v) is 6.35. The number of nitrogens with one attached hydrogen (secondary N) is 1. The first-order chi connectivity index (χ1) is 8.54. The molecule has 4 heteroatoms. The largest absolute Gasteiger partial charge is 0.466 e. The Kier molecular flexibility index (Phi) is 5.78. The molecule has 0 aliphatic carbocycles. The van der Waals surface area contributed by atoms with Crippen molar-refractivity contribution < 1.29 is 9.53 Å². The number of carbonyl (C=O) groups excluding carboxylic acids is 1. The normalized spacial score (nSPS) is 14.0. The zero-order valence-corrected chi connectivity index (χ0v) is 11.6. The molecule has 0 unspecified atom stereocenters. The van der Waals surface area contributed by atoms with Gasteiger partial charge in [0.15, 0.2) is 0 Å². The highest BCUT2D eigenvalue weighted by atomic mass is 16.5. The number of esters is 1. The second-order valence-corrected chi connectivity index (χ2v) is 4.58. The molecule has 1 rings (SSSR count). The fraction of sp³-hybridized carbons (Fsp3) is 0.571. The average molecular weight is 250 g/mol. The summed E-state index contributed by atoms with van der Waals surface area (Å²) in [5.74, 6) is -0.303. The van der Waals surface area contributed by atoms with Crippen molar-refractivity contribution in [2.45, 2.75) is 40.3 Å². The van der Waals surface area contributed by atoms with E-state index in [9.17, 15) is 4.79 Å². The number of hydrogen-bond donors (Lipinski definition) is 1. The number of nitrogens with zero attached hydrogens (tertiary/aromatic N) is 1. The van der Waals surface area contributed by atoms with Crippen molar-refractivity contribution in [3.63, 3.8) is 0 Å².